The van der Waals surface area contributed by atoms with Crippen LogP contribution in [0.25, 0.3) is 21.8 Å². The molecule has 0 atom stereocenters. The van der Waals surface area contributed by atoms with Crippen LogP contribution in [0.4, 0.5) is 11.6 Å². The van der Waals surface area contributed by atoms with Gasteiger partial charge in [-0.25, -0.2) is 9.97 Å². The van der Waals surface area contributed by atoms with Crippen LogP contribution in [-0.2, 0) is 11.3 Å². The van der Waals surface area contributed by atoms with Crippen LogP contribution in [0.15, 0.2) is 60.7 Å². The molecule has 0 unspecified atom stereocenters. The monoisotopic (exact) mass is 374 g/mol. The lowest BCUT2D eigenvalue weighted by atomic mass is 10.1. The standard InChI is InChI=1S/C22H22N4O2/c23-19-10-8-15-4-1-6-17(21(15)25-19)14-27-12-3-13-28-18-7-2-5-16-9-11-20(24)26-22(16)18/h1-2,4-11H,3,12-14H2,(H2,23,25)(H2,24,26). The van der Waals surface area contributed by atoms with E-state index in [4.69, 9.17) is 20.9 Å². The Kier molecular flexibility index (Phi) is 5.21. The lowest BCUT2D eigenvalue weighted by Crippen LogP contribution is -2.04. The van der Waals surface area contributed by atoms with Crippen molar-refractivity contribution in [2.45, 2.75) is 13.0 Å². The molecule has 2 aromatic heterocycles. The fourth-order valence-corrected chi connectivity index (χ4v) is 3.12. The largest absolute Gasteiger partial charge is 0.491 e. The van der Waals surface area contributed by atoms with Crippen molar-refractivity contribution in [2.24, 2.45) is 0 Å². The van der Waals surface area contributed by atoms with E-state index in [0.29, 0.717) is 31.5 Å². The number of hydrogen-bond acceptors (Lipinski definition) is 6. The number of nitrogen functional groups attached to an aromatic ring is 2. The van der Waals surface area contributed by atoms with Crippen LogP contribution in [-0.4, -0.2) is 23.2 Å². The SMILES string of the molecule is Nc1ccc2cccc(COCCCOc3cccc4ccc(N)nc34)c2n1. The molecule has 0 aliphatic rings. The van der Waals surface area contributed by atoms with Gasteiger partial charge >= 0.3 is 0 Å². The second-order valence-corrected chi connectivity index (χ2v) is 6.54. The van der Waals surface area contributed by atoms with E-state index in [0.717, 1.165) is 39.5 Å². The van der Waals surface area contributed by atoms with Gasteiger partial charge in [-0.1, -0.05) is 30.3 Å². The number of para-hydroxylation sites is 2. The maximum Gasteiger partial charge on any atom is 0.145 e. The maximum atomic E-state index is 5.89. The Hall–Kier alpha value is -3.38. The number of anilines is 2. The number of rotatable bonds is 7. The Morgan fingerprint density at radius 1 is 0.714 bits per heavy atom. The van der Waals surface area contributed by atoms with Crippen LogP contribution in [0.5, 0.6) is 5.75 Å². The van der Waals surface area contributed by atoms with E-state index < -0.39 is 0 Å². The third kappa shape index (κ3) is 3.97. The third-order valence-corrected chi connectivity index (χ3v) is 4.48. The van der Waals surface area contributed by atoms with Gasteiger partial charge in [0.25, 0.3) is 0 Å². The van der Waals surface area contributed by atoms with Crippen molar-refractivity contribution >= 4 is 33.4 Å². The molecule has 142 valence electrons. The van der Waals surface area contributed by atoms with Crippen molar-refractivity contribution in [2.75, 3.05) is 24.7 Å². The van der Waals surface area contributed by atoms with E-state index in [9.17, 15) is 0 Å². The molecular formula is C22H22N4O2. The van der Waals surface area contributed by atoms with Gasteiger partial charge in [0.15, 0.2) is 0 Å². The summed E-state index contributed by atoms with van der Waals surface area (Å²) in [6.07, 6.45) is 0.763. The molecule has 0 spiro atoms. The van der Waals surface area contributed by atoms with Gasteiger partial charge in [-0.05, 0) is 30.3 Å². The second kappa shape index (κ2) is 8.10. The van der Waals surface area contributed by atoms with Crippen molar-refractivity contribution in [3.63, 3.8) is 0 Å². The summed E-state index contributed by atoms with van der Waals surface area (Å²) in [4.78, 5) is 8.79. The molecule has 6 nitrogen and oxygen atoms in total. The van der Waals surface area contributed by atoms with Gasteiger partial charge in [0, 0.05) is 22.8 Å². The molecule has 0 aliphatic heterocycles. The minimum atomic E-state index is 0.483. The number of fused-ring (bicyclic) bond motifs is 2. The minimum Gasteiger partial charge on any atom is -0.491 e. The third-order valence-electron chi connectivity index (χ3n) is 4.48. The zero-order chi connectivity index (χ0) is 19.3. The van der Waals surface area contributed by atoms with E-state index in [1.807, 2.05) is 48.5 Å². The molecule has 0 fully saturated rings. The zero-order valence-corrected chi connectivity index (χ0v) is 15.5. The van der Waals surface area contributed by atoms with Gasteiger partial charge in [0.05, 0.1) is 25.3 Å². The van der Waals surface area contributed by atoms with Crippen LogP contribution in [0.3, 0.4) is 0 Å². The van der Waals surface area contributed by atoms with E-state index in [1.165, 1.54) is 0 Å². The topological polar surface area (TPSA) is 96.3 Å². The number of pyridine rings is 2. The Bertz CT molecular complexity index is 1020. The average molecular weight is 374 g/mol. The second-order valence-electron chi connectivity index (χ2n) is 6.54. The lowest BCUT2D eigenvalue weighted by Gasteiger charge is -2.10. The molecule has 28 heavy (non-hydrogen) atoms. The molecule has 0 bridgehead atoms. The Balaban J connectivity index is 1.30. The van der Waals surface area contributed by atoms with Crippen molar-refractivity contribution in [3.8, 4) is 5.75 Å². The summed E-state index contributed by atoms with van der Waals surface area (Å²) >= 11 is 0. The highest BCUT2D eigenvalue weighted by molar-refractivity contribution is 5.85. The molecule has 6 heteroatoms. The van der Waals surface area contributed by atoms with Gasteiger partial charge in [0.2, 0.25) is 0 Å². The molecule has 0 saturated carbocycles. The summed E-state index contributed by atoms with van der Waals surface area (Å²) in [7, 11) is 0. The summed E-state index contributed by atoms with van der Waals surface area (Å²) < 4.78 is 11.7. The van der Waals surface area contributed by atoms with E-state index >= 15 is 0 Å². The summed E-state index contributed by atoms with van der Waals surface area (Å²) in [5, 5.41) is 2.06. The van der Waals surface area contributed by atoms with Crippen molar-refractivity contribution < 1.29 is 9.47 Å². The average Bonchev–Trinajstić information content (AvgIpc) is 2.71. The minimum absolute atomic E-state index is 0.483. The summed E-state index contributed by atoms with van der Waals surface area (Å²) in [5.41, 5.74) is 14.3. The summed E-state index contributed by atoms with van der Waals surface area (Å²) in [6, 6.07) is 19.4. The van der Waals surface area contributed by atoms with Crippen LogP contribution >= 0.6 is 0 Å². The first-order valence-corrected chi connectivity index (χ1v) is 9.20. The van der Waals surface area contributed by atoms with Crippen LogP contribution < -0.4 is 16.2 Å². The number of nitrogens with two attached hydrogens (primary N) is 2. The highest BCUT2D eigenvalue weighted by Crippen LogP contribution is 2.24. The summed E-state index contributed by atoms with van der Waals surface area (Å²) in [6.45, 7) is 1.61. The van der Waals surface area contributed by atoms with Crippen molar-refractivity contribution in [3.05, 3.63) is 66.2 Å². The molecule has 4 N–H and O–H groups in total. The molecule has 0 radical (unpaired) electrons. The molecule has 2 aromatic carbocycles. The fraction of sp³-hybridized carbons (Fsp3) is 0.182. The van der Waals surface area contributed by atoms with E-state index in [2.05, 4.69) is 9.97 Å². The first kappa shape index (κ1) is 18.0. The quantitative estimate of drug-likeness (QED) is 0.476. The maximum absolute atomic E-state index is 5.89. The molecule has 2 heterocycles. The molecular weight excluding hydrogens is 352 g/mol. The Labute approximate surface area is 163 Å². The van der Waals surface area contributed by atoms with Crippen LogP contribution in [0, 0.1) is 0 Å². The molecule has 4 aromatic rings. The van der Waals surface area contributed by atoms with Gasteiger partial charge in [-0.15, -0.1) is 0 Å². The predicted octanol–water partition coefficient (Wildman–Crippen LogP) is 3.93. The van der Waals surface area contributed by atoms with Gasteiger partial charge in [-0.2, -0.15) is 0 Å². The number of hydrogen-bond donors (Lipinski definition) is 2. The predicted molar refractivity (Wildman–Crippen MR) is 112 cm³/mol. The Morgan fingerprint density at radius 3 is 2.18 bits per heavy atom. The first-order valence-electron chi connectivity index (χ1n) is 9.20. The number of aromatic nitrogens is 2. The van der Waals surface area contributed by atoms with Gasteiger partial charge in [-0.3, -0.25) is 0 Å². The lowest BCUT2D eigenvalue weighted by molar-refractivity contribution is 0.108. The molecule has 0 aliphatic carbocycles. The van der Waals surface area contributed by atoms with Crippen molar-refractivity contribution in [1.29, 1.82) is 0 Å². The van der Waals surface area contributed by atoms with Crippen LogP contribution in [0.1, 0.15) is 12.0 Å². The normalized spacial score (nSPS) is 11.1. The highest BCUT2D eigenvalue weighted by atomic mass is 16.5. The summed E-state index contributed by atoms with van der Waals surface area (Å²) in [5.74, 6) is 1.73. The fourth-order valence-electron chi connectivity index (χ4n) is 3.12. The molecule has 0 amide bonds. The van der Waals surface area contributed by atoms with Gasteiger partial charge in [0.1, 0.15) is 22.9 Å². The number of benzene rings is 2. The molecule has 4 rings (SSSR count). The van der Waals surface area contributed by atoms with Crippen molar-refractivity contribution in [1.82, 2.24) is 9.97 Å². The smallest absolute Gasteiger partial charge is 0.145 e. The Morgan fingerprint density at radius 2 is 1.39 bits per heavy atom. The number of ether oxygens (including phenoxy) is 2. The van der Waals surface area contributed by atoms with E-state index in [1.54, 1.807) is 12.1 Å². The van der Waals surface area contributed by atoms with Crippen LogP contribution in [0.2, 0.25) is 0 Å². The molecule has 0 saturated heterocycles. The number of nitrogens with zero attached hydrogens (tertiary/aromatic N) is 2. The zero-order valence-electron chi connectivity index (χ0n) is 15.5. The van der Waals surface area contributed by atoms with E-state index in [-0.39, 0.29) is 0 Å². The highest BCUT2D eigenvalue weighted by Gasteiger charge is 2.05. The first-order chi connectivity index (χ1) is 13.7. The van der Waals surface area contributed by atoms with Gasteiger partial charge < -0.3 is 20.9 Å².